The van der Waals surface area contributed by atoms with Gasteiger partial charge in [0.1, 0.15) is 18.8 Å². The zero-order valence-electron chi connectivity index (χ0n) is 43.0. The molecule has 0 aromatic carbocycles. The number of esters is 3. The van der Waals surface area contributed by atoms with Gasteiger partial charge in [-0.05, 0) is 96.3 Å². The van der Waals surface area contributed by atoms with E-state index in [0.29, 0.717) is 19.3 Å². The Hall–Kier alpha value is -3.84. The summed E-state index contributed by atoms with van der Waals surface area (Å²) in [5, 5.41) is 31.3. The summed E-state index contributed by atoms with van der Waals surface area (Å²) in [5.41, 5.74) is 0. The molecule has 1 aliphatic heterocycles. The monoisotopic (exact) mass is 971 g/mol. The molecule has 0 radical (unpaired) electrons. The van der Waals surface area contributed by atoms with Gasteiger partial charge in [0.15, 0.2) is 24.6 Å². The number of unbranched alkanes of at least 4 members (excludes halogenated alkanes) is 18. The Morgan fingerprint density at radius 3 is 1.41 bits per heavy atom. The second-order valence-corrected chi connectivity index (χ2v) is 18.1. The molecule has 0 aromatic heterocycles. The minimum Gasteiger partial charge on any atom is -0.479 e. The lowest BCUT2D eigenvalue weighted by molar-refractivity contribution is -0.301. The van der Waals surface area contributed by atoms with Gasteiger partial charge in [0.25, 0.3) is 0 Å². The highest BCUT2D eigenvalue weighted by molar-refractivity contribution is 5.74. The molecular weight excluding hydrogens is 877 g/mol. The van der Waals surface area contributed by atoms with Gasteiger partial charge < -0.3 is 39.0 Å². The molecule has 0 aromatic rings. The number of aliphatic carboxylic acids is 1. The number of carbonyl (C=O) groups is 4. The van der Waals surface area contributed by atoms with Gasteiger partial charge in [0.05, 0.1) is 6.61 Å². The number of aliphatic hydroxyl groups excluding tert-OH is 2. The van der Waals surface area contributed by atoms with Crippen molar-refractivity contribution in [1.29, 1.82) is 0 Å². The maximum absolute atomic E-state index is 13.1. The number of hydrogen-bond donors (Lipinski definition) is 3. The summed E-state index contributed by atoms with van der Waals surface area (Å²) in [6.07, 6.45) is 43.2. The van der Waals surface area contributed by atoms with E-state index in [-0.39, 0.29) is 25.9 Å². The van der Waals surface area contributed by atoms with Crippen LogP contribution in [0.3, 0.4) is 0 Å². The van der Waals surface area contributed by atoms with Gasteiger partial charge >= 0.3 is 23.9 Å². The van der Waals surface area contributed by atoms with Crippen molar-refractivity contribution in [2.24, 2.45) is 0 Å². The van der Waals surface area contributed by atoms with Crippen LogP contribution in [0.4, 0.5) is 0 Å². The standard InChI is InChI=1S/C57H94O12/c1-4-7-10-13-16-19-22-23-24-25-26-27-30-31-34-37-40-43-49(58)65-46-48(67-50(59)44-41-38-35-32-28-20-17-14-11-8-5-2)47-66-57-55(53(62)52(61)54(69-57)56(63)64)68-51(60)45-42-39-36-33-29-21-18-15-12-9-6-3/h7,10,14-19,23-24,26-27,48,52-55,57,61-62H,4-6,8-9,11-13,20-22,25,28-47H2,1-3H3,(H,63,64)/b10-7-,17-14-,18-15-,19-16-,24-23-,27-26-. The van der Waals surface area contributed by atoms with E-state index in [9.17, 15) is 34.5 Å². The first-order chi connectivity index (χ1) is 33.6. The molecule has 6 atom stereocenters. The number of rotatable bonds is 44. The first-order valence-electron chi connectivity index (χ1n) is 26.9. The van der Waals surface area contributed by atoms with E-state index in [4.69, 9.17) is 23.7 Å². The number of hydrogen-bond acceptors (Lipinski definition) is 11. The van der Waals surface area contributed by atoms with E-state index >= 15 is 0 Å². The van der Waals surface area contributed by atoms with Crippen molar-refractivity contribution in [1.82, 2.24) is 0 Å². The lowest BCUT2D eigenvalue weighted by Gasteiger charge is -2.40. The van der Waals surface area contributed by atoms with Crippen LogP contribution < -0.4 is 0 Å². The minimum atomic E-state index is -1.91. The predicted octanol–water partition coefficient (Wildman–Crippen LogP) is 13.0. The third-order valence-corrected chi connectivity index (χ3v) is 11.7. The van der Waals surface area contributed by atoms with Gasteiger partial charge in [0, 0.05) is 19.3 Å². The van der Waals surface area contributed by atoms with E-state index in [1.54, 1.807) is 0 Å². The van der Waals surface area contributed by atoms with Crippen LogP contribution in [-0.2, 0) is 42.9 Å². The second kappa shape index (κ2) is 45.3. The summed E-state index contributed by atoms with van der Waals surface area (Å²) in [6.45, 7) is 5.73. The summed E-state index contributed by atoms with van der Waals surface area (Å²) in [6, 6.07) is 0. The van der Waals surface area contributed by atoms with E-state index in [0.717, 1.165) is 128 Å². The van der Waals surface area contributed by atoms with Crippen LogP contribution in [-0.4, -0.2) is 89.2 Å². The summed E-state index contributed by atoms with van der Waals surface area (Å²) in [4.78, 5) is 50.8. The molecule has 1 heterocycles. The highest BCUT2D eigenvalue weighted by Crippen LogP contribution is 2.26. The molecule has 1 fully saturated rings. The van der Waals surface area contributed by atoms with Crippen LogP contribution in [0.5, 0.6) is 0 Å². The SMILES string of the molecule is CC/C=C\C/C=C\C/C=C\C/C=C\CCCCCCC(=O)OCC(COC1OC(C(=O)O)C(O)C(O)C1OC(=O)CCCCCCC/C=C\CCCC)OC(=O)CCCCCCC/C=C\CCCC. The Balaban J connectivity index is 2.73. The molecular formula is C57H94O12. The molecule has 0 saturated carbocycles. The second-order valence-electron chi connectivity index (χ2n) is 18.1. The number of allylic oxidation sites excluding steroid dienone is 12. The molecule has 6 unspecified atom stereocenters. The topological polar surface area (TPSA) is 175 Å². The number of aliphatic hydroxyl groups is 2. The number of carboxylic acid groups (broad SMARTS) is 1. The van der Waals surface area contributed by atoms with Gasteiger partial charge in [-0.3, -0.25) is 14.4 Å². The molecule has 12 nitrogen and oxygen atoms in total. The number of carbonyl (C=O) groups excluding carboxylic acids is 3. The highest BCUT2D eigenvalue weighted by atomic mass is 16.7. The lowest BCUT2D eigenvalue weighted by atomic mass is 9.98. The highest BCUT2D eigenvalue weighted by Gasteiger charge is 2.50. The predicted molar refractivity (Wildman–Crippen MR) is 275 cm³/mol. The Morgan fingerprint density at radius 2 is 0.913 bits per heavy atom. The summed E-state index contributed by atoms with van der Waals surface area (Å²) >= 11 is 0. The average molecular weight is 971 g/mol. The van der Waals surface area contributed by atoms with Gasteiger partial charge in [-0.25, -0.2) is 4.79 Å². The fraction of sp³-hybridized carbons (Fsp3) is 0.719. The van der Waals surface area contributed by atoms with Gasteiger partial charge in [-0.2, -0.15) is 0 Å². The van der Waals surface area contributed by atoms with Crippen molar-refractivity contribution in [3.05, 3.63) is 72.9 Å². The molecule has 0 aliphatic carbocycles. The lowest BCUT2D eigenvalue weighted by Crippen LogP contribution is -2.61. The van der Waals surface area contributed by atoms with Crippen molar-refractivity contribution < 1.29 is 58.2 Å². The fourth-order valence-corrected chi connectivity index (χ4v) is 7.55. The third-order valence-electron chi connectivity index (χ3n) is 11.7. The van der Waals surface area contributed by atoms with Gasteiger partial charge in [0.2, 0.25) is 0 Å². The maximum atomic E-state index is 13.1. The number of ether oxygens (including phenoxy) is 5. The van der Waals surface area contributed by atoms with E-state index in [1.807, 2.05) is 0 Å². The molecule has 1 rings (SSSR count). The summed E-state index contributed by atoms with van der Waals surface area (Å²) < 4.78 is 28.2. The van der Waals surface area contributed by atoms with Crippen LogP contribution in [0, 0.1) is 0 Å². The fourth-order valence-electron chi connectivity index (χ4n) is 7.55. The number of carboxylic acids is 1. The first-order valence-corrected chi connectivity index (χ1v) is 26.9. The Labute approximate surface area is 417 Å². The Bertz CT molecular complexity index is 1480. The zero-order valence-corrected chi connectivity index (χ0v) is 43.0. The molecule has 1 aliphatic rings. The smallest absolute Gasteiger partial charge is 0.335 e. The van der Waals surface area contributed by atoms with E-state index in [1.165, 1.54) is 25.7 Å². The van der Waals surface area contributed by atoms with Gasteiger partial charge in [-0.1, -0.05) is 171 Å². The van der Waals surface area contributed by atoms with Crippen molar-refractivity contribution >= 4 is 23.9 Å². The average Bonchev–Trinajstić information content (AvgIpc) is 3.33. The van der Waals surface area contributed by atoms with Crippen LogP contribution in [0.15, 0.2) is 72.9 Å². The van der Waals surface area contributed by atoms with Crippen LogP contribution >= 0.6 is 0 Å². The zero-order chi connectivity index (χ0) is 50.4. The van der Waals surface area contributed by atoms with Crippen molar-refractivity contribution in [2.75, 3.05) is 13.2 Å². The van der Waals surface area contributed by atoms with Crippen molar-refractivity contribution in [3.8, 4) is 0 Å². The molecule has 0 amide bonds. The maximum Gasteiger partial charge on any atom is 0.335 e. The summed E-state index contributed by atoms with van der Waals surface area (Å²) in [5.74, 6) is -3.18. The summed E-state index contributed by atoms with van der Waals surface area (Å²) in [7, 11) is 0. The third kappa shape index (κ3) is 35.8. The molecule has 1 saturated heterocycles. The Morgan fingerprint density at radius 1 is 0.493 bits per heavy atom. The quantitative estimate of drug-likeness (QED) is 0.0228. The minimum absolute atomic E-state index is 0.0445. The first kappa shape index (κ1) is 63.2. The van der Waals surface area contributed by atoms with Gasteiger partial charge in [-0.15, -0.1) is 0 Å². The van der Waals surface area contributed by atoms with Crippen LogP contribution in [0.25, 0.3) is 0 Å². The van der Waals surface area contributed by atoms with E-state index < -0.39 is 67.3 Å². The Kier molecular flexibility index (Phi) is 41.5. The van der Waals surface area contributed by atoms with E-state index in [2.05, 4.69) is 93.7 Å². The molecule has 69 heavy (non-hydrogen) atoms. The molecule has 12 heteroatoms. The normalized spacial score (nSPS) is 19.2. The molecule has 0 spiro atoms. The molecule has 0 bridgehead atoms. The largest absolute Gasteiger partial charge is 0.479 e. The molecule has 3 N–H and O–H groups in total. The van der Waals surface area contributed by atoms with Crippen molar-refractivity contribution in [3.63, 3.8) is 0 Å². The van der Waals surface area contributed by atoms with Crippen LogP contribution in [0.1, 0.15) is 213 Å². The van der Waals surface area contributed by atoms with Crippen LogP contribution in [0.2, 0.25) is 0 Å². The van der Waals surface area contributed by atoms with Crippen molar-refractivity contribution in [2.45, 2.75) is 250 Å². The molecule has 394 valence electrons.